The summed E-state index contributed by atoms with van der Waals surface area (Å²) in [5.74, 6) is -0.111. The van der Waals surface area contributed by atoms with Crippen molar-refractivity contribution in [1.29, 1.82) is 0 Å². The van der Waals surface area contributed by atoms with E-state index in [0.717, 1.165) is 26.6 Å². The Labute approximate surface area is 125 Å². The van der Waals surface area contributed by atoms with Crippen LogP contribution in [0.1, 0.15) is 15.9 Å². The summed E-state index contributed by atoms with van der Waals surface area (Å²) in [5.41, 5.74) is 3.38. The highest BCUT2D eigenvalue weighted by molar-refractivity contribution is 9.10. The maximum atomic E-state index is 12.4. The molecule has 2 N–H and O–H groups in total. The van der Waals surface area contributed by atoms with Gasteiger partial charge >= 0.3 is 0 Å². The van der Waals surface area contributed by atoms with Gasteiger partial charge in [0.25, 0.3) is 5.91 Å². The smallest absolute Gasteiger partial charge is 0.257 e. The lowest BCUT2D eigenvalue weighted by Gasteiger charge is -2.08. The van der Waals surface area contributed by atoms with Crippen molar-refractivity contribution in [1.82, 2.24) is 4.98 Å². The standard InChI is InChI=1S/C16H13BrN2O/c1-10-9-12(5-6-14(10)17)19-16(20)13-4-2-3-11-7-8-18-15(11)13/h2-9,18H,1H3,(H,19,20). The highest BCUT2D eigenvalue weighted by Crippen LogP contribution is 2.22. The summed E-state index contributed by atoms with van der Waals surface area (Å²) in [6.45, 7) is 1.99. The molecule has 3 aromatic rings. The van der Waals surface area contributed by atoms with Gasteiger partial charge in [-0.2, -0.15) is 0 Å². The quantitative estimate of drug-likeness (QED) is 0.715. The highest BCUT2D eigenvalue weighted by atomic mass is 79.9. The molecule has 0 saturated carbocycles. The first kappa shape index (κ1) is 12.9. The molecule has 0 fully saturated rings. The summed E-state index contributed by atoms with van der Waals surface area (Å²) in [5, 5.41) is 3.96. The predicted molar refractivity (Wildman–Crippen MR) is 85.1 cm³/mol. The Kier molecular flexibility index (Phi) is 3.32. The molecule has 1 aromatic heterocycles. The topological polar surface area (TPSA) is 44.9 Å². The van der Waals surface area contributed by atoms with Crippen molar-refractivity contribution in [2.75, 3.05) is 5.32 Å². The number of para-hydroxylation sites is 1. The number of carbonyl (C=O) groups is 1. The second-order valence-electron chi connectivity index (χ2n) is 4.67. The zero-order chi connectivity index (χ0) is 14.1. The van der Waals surface area contributed by atoms with Crippen LogP contribution in [-0.4, -0.2) is 10.9 Å². The Morgan fingerprint density at radius 3 is 2.85 bits per heavy atom. The van der Waals surface area contributed by atoms with E-state index in [-0.39, 0.29) is 5.91 Å². The number of H-pyrrole nitrogens is 1. The molecule has 0 radical (unpaired) electrons. The molecule has 0 spiro atoms. The van der Waals surface area contributed by atoms with E-state index in [1.165, 1.54) is 0 Å². The number of rotatable bonds is 2. The van der Waals surface area contributed by atoms with Crippen molar-refractivity contribution in [2.45, 2.75) is 6.92 Å². The van der Waals surface area contributed by atoms with Crippen LogP contribution < -0.4 is 5.32 Å². The number of carbonyl (C=O) groups excluding carboxylic acids is 1. The van der Waals surface area contributed by atoms with Crippen molar-refractivity contribution in [3.8, 4) is 0 Å². The van der Waals surface area contributed by atoms with E-state index < -0.39 is 0 Å². The fourth-order valence-corrected chi connectivity index (χ4v) is 2.44. The highest BCUT2D eigenvalue weighted by Gasteiger charge is 2.11. The first-order chi connectivity index (χ1) is 9.65. The summed E-state index contributed by atoms with van der Waals surface area (Å²) in [6.07, 6.45) is 1.84. The molecule has 20 heavy (non-hydrogen) atoms. The van der Waals surface area contributed by atoms with Crippen LogP contribution in [0.2, 0.25) is 0 Å². The number of anilines is 1. The third-order valence-corrected chi connectivity index (χ3v) is 4.14. The average molecular weight is 329 g/mol. The summed E-state index contributed by atoms with van der Waals surface area (Å²) in [4.78, 5) is 15.5. The normalized spacial score (nSPS) is 10.7. The molecule has 3 nitrogen and oxygen atoms in total. The van der Waals surface area contributed by atoms with E-state index in [0.29, 0.717) is 5.56 Å². The minimum atomic E-state index is -0.111. The summed E-state index contributed by atoms with van der Waals surface area (Å²) >= 11 is 3.45. The van der Waals surface area contributed by atoms with Gasteiger partial charge in [0.1, 0.15) is 0 Å². The number of nitrogens with one attached hydrogen (secondary N) is 2. The maximum Gasteiger partial charge on any atom is 0.257 e. The number of hydrogen-bond donors (Lipinski definition) is 2. The SMILES string of the molecule is Cc1cc(NC(=O)c2cccc3cc[nH]c23)ccc1Br. The first-order valence-electron chi connectivity index (χ1n) is 6.29. The number of aromatic amines is 1. The van der Waals surface area contributed by atoms with E-state index in [9.17, 15) is 4.79 Å². The average Bonchev–Trinajstić information content (AvgIpc) is 2.91. The van der Waals surface area contributed by atoms with Crippen molar-refractivity contribution < 1.29 is 4.79 Å². The fraction of sp³-hybridized carbons (Fsp3) is 0.0625. The van der Waals surface area contributed by atoms with Gasteiger partial charge in [-0.25, -0.2) is 0 Å². The molecule has 0 aliphatic carbocycles. The lowest BCUT2D eigenvalue weighted by molar-refractivity contribution is 0.102. The molecule has 1 heterocycles. The van der Waals surface area contributed by atoms with Crippen molar-refractivity contribution >= 4 is 38.4 Å². The number of fused-ring (bicyclic) bond motifs is 1. The van der Waals surface area contributed by atoms with Gasteiger partial charge in [0.2, 0.25) is 0 Å². The third kappa shape index (κ3) is 2.34. The summed E-state index contributed by atoms with van der Waals surface area (Å²) < 4.78 is 1.03. The van der Waals surface area contributed by atoms with E-state index in [4.69, 9.17) is 0 Å². The number of aromatic nitrogens is 1. The van der Waals surface area contributed by atoms with Crippen molar-refractivity contribution in [3.05, 3.63) is 64.3 Å². The molecule has 0 saturated heterocycles. The Balaban J connectivity index is 1.93. The molecule has 2 aromatic carbocycles. The first-order valence-corrected chi connectivity index (χ1v) is 7.08. The molecule has 0 aliphatic heterocycles. The van der Waals surface area contributed by atoms with Gasteiger partial charge in [0, 0.05) is 21.7 Å². The Bertz CT molecular complexity index is 792. The predicted octanol–water partition coefficient (Wildman–Crippen LogP) is 4.49. The minimum Gasteiger partial charge on any atom is -0.361 e. The third-order valence-electron chi connectivity index (χ3n) is 3.25. The molecular weight excluding hydrogens is 316 g/mol. The lowest BCUT2D eigenvalue weighted by atomic mass is 10.1. The van der Waals surface area contributed by atoms with E-state index in [1.807, 2.05) is 55.6 Å². The minimum absolute atomic E-state index is 0.111. The van der Waals surface area contributed by atoms with Crippen LogP contribution in [0.15, 0.2) is 53.1 Å². The van der Waals surface area contributed by atoms with Gasteiger partial charge in [0.15, 0.2) is 0 Å². The number of benzene rings is 2. The van der Waals surface area contributed by atoms with Crippen LogP contribution in [0.25, 0.3) is 10.9 Å². The van der Waals surface area contributed by atoms with Crippen molar-refractivity contribution in [3.63, 3.8) is 0 Å². The molecule has 4 heteroatoms. The van der Waals surface area contributed by atoms with Crippen LogP contribution in [0.5, 0.6) is 0 Å². The van der Waals surface area contributed by atoms with E-state index in [2.05, 4.69) is 26.2 Å². The van der Waals surface area contributed by atoms with Gasteiger partial charge < -0.3 is 10.3 Å². The van der Waals surface area contributed by atoms with Crippen LogP contribution in [-0.2, 0) is 0 Å². The van der Waals surface area contributed by atoms with E-state index in [1.54, 1.807) is 0 Å². The van der Waals surface area contributed by atoms with Gasteiger partial charge in [-0.15, -0.1) is 0 Å². The Morgan fingerprint density at radius 2 is 2.05 bits per heavy atom. The summed E-state index contributed by atoms with van der Waals surface area (Å²) in [7, 11) is 0. The molecule has 1 amide bonds. The second-order valence-corrected chi connectivity index (χ2v) is 5.52. The monoisotopic (exact) mass is 328 g/mol. The van der Waals surface area contributed by atoms with Crippen LogP contribution in [0, 0.1) is 6.92 Å². The maximum absolute atomic E-state index is 12.4. The zero-order valence-corrected chi connectivity index (χ0v) is 12.5. The number of hydrogen-bond acceptors (Lipinski definition) is 1. The number of halogens is 1. The molecular formula is C16H13BrN2O. The largest absolute Gasteiger partial charge is 0.361 e. The van der Waals surface area contributed by atoms with Crippen LogP contribution in [0.3, 0.4) is 0 Å². The lowest BCUT2D eigenvalue weighted by Crippen LogP contribution is -2.12. The summed E-state index contributed by atoms with van der Waals surface area (Å²) in [6, 6.07) is 13.4. The van der Waals surface area contributed by atoms with Crippen molar-refractivity contribution in [2.24, 2.45) is 0 Å². The van der Waals surface area contributed by atoms with Gasteiger partial charge in [0.05, 0.1) is 11.1 Å². The number of aryl methyl sites for hydroxylation is 1. The van der Waals surface area contributed by atoms with E-state index >= 15 is 0 Å². The van der Waals surface area contributed by atoms with Gasteiger partial charge in [-0.3, -0.25) is 4.79 Å². The molecule has 100 valence electrons. The van der Waals surface area contributed by atoms with Gasteiger partial charge in [-0.05, 0) is 42.8 Å². The van der Waals surface area contributed by atoms with Crippen LogP contribution in [0.4, 0.5) is 5.69 Å². The molecule has 0 bridgehead atoms. The molecule has 0 atom stereocenters. The number of amides is 1. The molecule has 0 aliphatic rings. The Morgan fingerprint density at radius 1 is 1.20 bits per heavy atom. The second kappa shape index (κ2) is 5.13. The molecule has 3 rings (SSSR count). The zero-order valence-electron chi connectivity index (χ0n) is 10.9. The Hall–Kier alpha value is -2.07. The van der Waals surface area contributed by atoms with Crippen LogP contribution >= 0.6 is 15.9 Å². The fourth-order valence-electron chi connectivity index (χ4n) is 2.20. The van der Waals surface area contributed by atoms with Gasteiger partial charge in [-0.1, -0.05) is 28.1 Å². The molecule has 0 unspecified atom stereocenters.